The molecule has 1 atom stereocenters. The van der Waals surface area contributed by atoms with Gasteiger partial charge in [0.25, 0.3) is 0 Å². The molecule has 0 radical (unpaired) electrons. The molecule has 1 saturated heterocycles. The number of hydrogen-bond donors (Lipinski definition) is 1. The molecule has 1 aliphatic heterocycles. The van der Waals surface area contributed by atoms with E-state index in [0.717, 1.165) is 30.8 Å². The lowest BCUT2D eigenvalue weighted by atomic mass is 10.2. The van der Waals surface area contributed by atoms with Gasteiger partial charge in [-0.25, -0.2) is 0 Å². The van der Waals surface area contributed by atoms with E-state index in [9.17, 15) is 0 Å². The van der Waals surface area contributed by atoms with Gasteiger partial charge in [-0.15, -0.1) is 0 Å². The molecule has 0 bridgehead atoms. The van der Waals surface area contributed by atoms with Crippen LogP contribution < -0.4 is 10.1 Å². The number of hydrogen-bond acceptors (Lipinski definition) is 3. The monoisotopic (exact) mass is 207 g/mol. The molecule has 1 heterocycles. The average Bonchev–Trinajstić information content (AvgIpc) is 2.79. The SMILES string of the molecule is COc1ccccc1COC1CCNC1. The van der Waals surface area contributed by atoms with Crippen LogP contribution in [0.5, 0.6) is 5.75 Å². The van der Waals surface area contributed by atoms with E-state index in [1.54, 1.807) is 7.11 Å². The van der Waals surface area contributed by atoms with Gasteiger partial charge in [-0.05, 0) is 19.0 Å². The first-order valence-electron chi connectivity index (χ1n) is 5.34. The molecule has 3 heteroatoms. The minimum atomic E-state index is 0.356. The lowest BCUT2D eigenvalue weighted by Crippen LogP contribution is -2.16. The van der Waals surface area contributed by atoms with Gasteiger partial charge in [0, 0.05) is 12.1 Å². The highest BCUT2D eigenvalue weighted by Crippen LogP contribution is 2.19. The van der Waals surface area contributed by atoms with E-state index >= 15 is 0 Å². The molecular formula is C12H17NO2. The fourth-order valence-corrected chi connectivity index (χ4v) is 1.80. The smallest absolute Gasteiger partial charge is 0.124 e. The molecular weight excluding hydrogens is 190 g/mol. The highest BCUT2D eigenvalue weighted by Gasteiger charge is 2.15. The van der Waals surface area contributed by atoms with Crippen LogP contribution in [0.4, 0.5) is 0 Å². The summed E-state index contributed by atoms with van der Waals surface area (Å²) in [5.41, 5.74) is 1.12. The van der Waals surface area contributed by atoms with Crippen molar-refractivity contribution >= 4 is 0 Å². The maximum atomic E-state index is 5.79. The van der Waals surface area contributed by atoms with Crippen LogP contribution in [-0.4, -0.2) is 26.3 Å². The number of methoxy groups -OCH3 is 1. The Morgan fingerprint density at radius 2 is 2.27 bits per heavy atom. The lowest BCUT2D eigenvalue weighted by Gasteiger charge is -2.12. The second-order valence-corrected chi connectivity index (χ2v) is 3.74. The Morgan fingerprint density at radius 3 is 3.00 bits per heavy atom. The van der Waals surface area contributed by atoms with Crippen LogP contribution in [0.2, 0.25) is 0 Å². The van der Waals surface area contributed by atoms with E-state index in [-0.39, 0.29) is 0 Å². The van der Waals surface area contributed by atoms with E-state index in [4.69, 9.17) is 9.47 Å². The fourth-order valence-electron chi connectivity index (χ4n) is 1.80. The first-order chi connectivity index (χ1) is 7.40. The summed E-state index contributed by atoms with van der Waals surface area (Å²) in [5, 5.41) is 3.28. The molecule has 1 aromatic rings. The maximum Gasteiger partial charge on any atom is 0.124 e. The fraction of sp³-hybridized carbons (Fsp3) is 0.500. The first-order valence-corrected chi connectivity index (χ1v) is 5.34. The molecule has 1 N–H and O–H groups in total. The van der Waals surface area contributed by atoms with Crippen LogP contribution in [0.25, 0.3) is 0 Å². The minimum Gasteiger partial charge on any atom is -0.496 e. The highest BCUT2D eigenvalue weighted by molar-refractivity contribution is 5.32. The van der Waals surface area contributed by atoms with Crippen molar-refractivity contribution in [2.24, 2.45) is 0 Å². The van der Waals surface area contributed by atoms with Crippen molar-refractivity contribution in [2.45, 2.75) is 19.1 Å². The third kappa shape index (κ3) is 2.70. The summed E-state index contributed by atoms with van der Waals surface area (Å²) in [6, 6.07) is 7.99. The van der Waals surface area contributed by atoms with Gasteiger partial charge in [0.2, 0.25) is 0 Å². The van der Waals surface area contributed by atoms with Crippen molar-refractivity contribution in [3.8, 4) is 5.75 Å². The van der Waals surface area contributed by atoms with Gasteiger partial charge in [-0.3, -0.25) is 0 Å². The standard InChI is InChI=1S/C12H17NO2/c1-14-12-5-3-2-4-10(12)9-15-11-6-7-13-8-11/h2-5,11,13H,6-9H2,1H3. The van der Waals surface area contributed by atoms with Gasteiger partial charge >= 0.3 is 0 Å². The first kappa shape index (κ1) is 10.5. The zero-order valence-corrected chi connectivity index (χ0v) is 9.03. The van der Waals surface area contributed by atoms with Crippen LogP contribution in [0, 0.1) is 0 Å². The molecule has 0 saturated carbocycles. The summed E-state index contributed by atoms with van der Waals surface area (Å²) in [6.45, 7) is 2.67. The number of rotatable bonds is 4. The van der Waals surface area contributed by atoms with Crippen molar-refractivity contribution in [3.05, 3.63) is 29.8 Å². The molecule has 1 unspecified atom stereocenters. The van der Waals surface area contributed by atoms with Crippen LogP contribution in [0.15, 0.2) is 24.3 Å². The molecule has 1 fully saturated rings. The van der Waals surface area contributed by atoms with Crippen molar-refractivity contribution in [2.75, 3.05) is 20.2 Å². The van der Waals surface area contributed by atoms with E-state index in [0.29, 0.717) is 12.7 Å². The van der Waals surface area contributed by atoms with Crippen molar-refractivity contribution < 1.29 is 9.47 Å². The maximum absolute atomic E-state index is 5.79. The molecule has 3 nitrogen and oxygen atoms in total. The van der Waals surface area contributed by atoms with Gasteiger partial charge in [0.1, 0.15) is 5.75 Å². The van der Waals surface area contributed by atoms with Gasteiger partial charge in [-0.1, -0.05) is 18.2 Å². The highest BCUT2D eigenvalue weighted by atomic mass is 16.5. The molecule has 1 aromatic carbocycles. The molecule has 0 spiro atoms. The zero-order valence-electron chi connectivity index (χ0n) is 9.03. The Bertz CT molecular complexity index is 308. The molecule has 1 aliphatic rings. The largest absolute Gasteiger partial charge is 0.496 e. The van der Waals surface area contributed by atoms with Gasteiger partial charge < -0.3 is 14.8 Å². The predicted molar refractivity (Wildman–Crippen MR) is 59.1 cm³/mol. The Hall–Kier alpha value is -1.06. The number of ether oxygens (including phenoxy) is 2. The van der Waals surface area contributed by atoms with Gasteiger partial charge in [0.05, 0.1) is 19.8 Å². The summed E-state index contributed by atoms with van der Waals surface area (Å²) in [7, 11) is 1.69. The predicted octanol–water partition coefficient (Wildman–Crippen LogP) is 1.57. The van der Waals surface area contributed by atoms with E-state index < -0.39 is 0 Å². The van der Waals surface area contributed by atoms with Gasteiger partial charge in [0.15, 0.2) is 0 Å². The number of nitrogens with one attached hydrogen (secondary N) is 1. The van der Waals surface area contributed by atoms with E-state index in [1.165, 1.54) is 0 Å². The summed E-state index contributed by atoms with van der Waals surface area (Å²) in [4.78, 5) is 0. The summed E-state index contributed by atoms with van der Waals surface area (Å²) >= 11 is 0. The van der Waals surface area contributed by atoms with Crippen LogP contribution in [0.1, 0.15) is 12.0 Å². The Kier molecular flexibility index (Phi) is 3.59. The quantitative estimate of drug-likeness (QED) is 0.813. The molecule has 2 rings (SSSR count). The number of para-hydroxylation sites is 1. The summed E-state index contributed by atoms with van der Waals surface area (Å²) in [5.74, 6) is 0.906. The Balaban J connectivity index is 1.91. The lowest BCUT2D eigenvalue weighted by molar-refractivity contribution is 0.0531. The van der Waals surface area contributed by atoms with E-state index in [2.05, 4.69) is 5.32 Å². The second-order valence-electron chi connectivity index (χ2n) is 3.74. The van der Waals surface area contributed by atoms with Crippen LogP contribution >= 0.6 is 0 Å². The molecule has 0 amide bonds. The summed E-state index contributed by atoms with van der Waals surface area (Å²) < 4.78 is 11.1. The second kappa shape index (κ2) is 5.14. The van der Waals surface area contributed by atoms with E-state index in [1.807, 2.05) is 24.3 Å². The van der Waals surface area contributed by atoms with Crippen molar-refractivity contribution in [1.82, 2.24) is 5.32 Å². The zero-order chi connectivity index (χ0) is 10.5. The molecule has 15 heavy (non-hydrogen) atoms. The van der Waals surface area contributed by atoms with Crippen molar-refractivity contribution in [1.29, 1.82) is 0 Å². The topological polar surface area (TPSA) is 30.5 Å². The average molecular weight is 207 g/mol. The third-order valence-electron chi connectivity index (χ3n) is 2.68. The molecule has 0 aliphatic carbocycles. The normalized spacial score (nSPS) is 20.5. The van der Waals surface area contributed by atoms with Crippen LogP contribution in [0.3, 0.4) is 0 Å². The Labute approximate surface area is 90.4 Å². The Morgan fingerprint density at radius 1 is 1.40 bits per heavy atom. The molecule has 82 valence electrons. The van der Waals surface area contributed by atoms with Gasteiger partial charge in [-0.2, -0.15) is 0 Å². The third-order valence-corrected chi connectivity index (χ3v) is 2.68. The number of benzene rings is 1. The summed E-state index contributed by atoms with van der Waals surface area (Å²) in [6.07, 6.45) is 1.46. The van der Waals surface area contributed by atoms with Crippen LogP contribution in [-0.2, 0) is 11.3 Å². The van der Waals surface area contributed by atoms with Crippen molar-refractivity contribution in [3.63, 3.8) is 0 Å². The minimum absolute atomic E-state index is 0.356. The molecule has 0 aromatic heterocycles.